The Kier molecular flexibility index (Phi) is 11.4. The molecule has 0 saturated carbocycles. The molecule has 243 valence electrons. The fourth-order valence-corrected chi connectivity index (χ4v) is 6.51. The summed E-state index contributed by atoms with van der Waals surface area (Å²) in [6.07, 6.45) is -5.60. The number of pyridine rings is 1. The predicted octanol–water partition coefficient (Wildman–Crippen LogP) is 7.22. The van der Waals surface area contributed by atoms with Gasteiger partial charge < -0.3 is 14.5 Å². The van der Waals surface area contributed by atoms with Crippen LogP contribution in [0.5, 0.6) is 0 Å². The zero-order valence-electron chi connectivity index (χ0n) is 26.6. The number of nitrogens with zero attached hydrogens (tertiary/aromatic N) is 1. The molecule has 0 aliphatic rings. The summed E-state index contributed by atoms with van der Waals surface area (Å²) in [5.74, 6) is -3.71. The molecular formula is C33H41F3N3O5Si. The SMILES string of the molecule is CC(C)C(NC(=O)Cn1c(-c2ccccc2)ccc(NC(=O)OCc2ccccc2)c1=O)(O[Si](C)C)C(C(C)(C)C)C(F)(F)F. The van der Waals surface area contributed by atoms with E-state index in [-0.39, 0.29) is 12.3 Å². The lowest BCUT2D eigenvalue weighted by molar-refractivity contribution is -0.265. The van der Waals surface area contributed by atoms with E-state index in [0.29, 0.717) is 11.3 Å². The van der Waals surface area contributed by atoms with Crippen molar-refractivity contribution in [3.05, 3.63) is 88.7 Å². The van der Waals surface area contributed by atoms with E-state index >= 15 is 0 Å². The smallest absolute Gasteiger partial charge is 0.412 e. The van der Waals surface area contributed by atoms with Crippen molar-refractivity contribution in [3.63, 3.8) is 0 Å². The van der Waals surface area contributed by atoms with E-state index in [1.165, 1.54) is 26.8 Å². The van der Waals surface area contributed by atoms with Crippen LogP contribution < -0.4 is 16.2 Å². The second-order valence-electron chi connectivity index (χ2n) is 12.4. The maximum atomic E-state index is 14.8. The minimum absolute atomic E-state index is 0.0327. The molecule has 8 nitrogen and oxygen atoms in total. The van der Waals surface area contributed by atoms with Crippen molar-refractivity contribution in [3.8, 4) is 11.3 Å². The van der Waals surface area contributed by atoms with Crippen LogP contribution in [0.2, 0.25) is 13.1 Å². The van der Waals surface area contributed by atoms with Gasteiger partial charge in [0.2, 0.25) is 14.9 Å². The number of nitrogens with one attached hydrogen (secondary N) is 2. The Morgan fingerprint density at radius 1 is 0.911 bits per heavy atom. The monoisotopic (exact) mass is 644 g/mol. The lowest BCUT2D eigenvalue weighted by atomic mass is 9.70. The molecule has 3 aromatic rings. The van der Waals surface area contributed by atoms with Gasteiger partial charge in [-0.25, -0.2) is 4.79 Å². The van der Waals surface area contributed by atoms with Gasteiger partial charge in [0.15, 0.2) is 0 Å². The van der Waals surface area contributed by atoms with E-state index in [0.717, 1.165) is 10.1 Å². The lowest BCUT2D eigenvalue weighted by Crippen LogP contribution is -2.67. The van der Waals surface area contributed by atoms with Gasteiger partial charge in [-0.1, -0.05) is 95.3 Å². The van der Waals surface area contributed by atoms with Crippen LogP contribution >= 0.6 is 0 Å². The molecule has 1 aromatic heterocycles. The fraction of sp³-hybridized carbons (Fsp3) is 0.424. The molecule has 0 aliphatic heterocycles. The van der Waals surface area contributed by atoms with Crippen molar-refractivity contribution in [2.24, 2.45) is 17.3 Å². The molecule has 0 bridgehead atoms. The largest absolute Gasteiger partial charge is 0.444 e. The minimum Gasteiger partial charge on any atom is -0.444 e. The molecule has 45 heavy (non-hydrogen) atoms. The quantitative estimate of drug-likeness (QED) is 0.170. The number of rotatable bonds is 11. The molecule has 1 radical (unpaired) electrons. The number of halogens is 3. The molecule has 0 saturated heterocycles. The van der Waals surface area contributed by atoms with E-state index in [1.807, 2.05) is 6.07 Å². The van der Waals surface area contributed by atoms with Crippen LogP contribution in [-0.4, -0.2) is 37.5 Å². The van der Waals surface area contributed by atoms with Crippen LogP contribution in [-0.2, 0) is 27.1 Å². The number of hydrogen-bond acceptors (Lipinski definition) is 5. The third kappa shape index (κ3) is 9.07. The minimum atomic E-state index is -4.72. The molecular weight excluding hydrogens is 603 g/mol. The predicted molar refractivity (Wildman–Crippen MR) is 170 cm³/mol. The van der Waals surface area contributed by atoms with Gasteiger partial charge in [0.1, 0.15) is 30.5 Å². The highest BCUT2D eigenvalue weighted by molar-refractivity contribution is 6.48. The van der Waals surface area contributed by atoms with Crippen molar-refractivity contribution in [2.75, 3.05) is 5.32 Å². The number of carbonyl (C=O) groups excluding carboxylic acids is 2. The molecule has 2 unspecified atom stereocenters. The van der Waals surface area contributed by atoms with Gasteiger partial charge in [0.05, 0.1) is 5.69 Å². The first-order chi connectivity index (χ1) is 21.0. The Morgan fingerprint density at radius 3 is 2.00 bits per heavy atom. The highest BCUT2D eigenvalue weighted by atomic mass is 28.3. The Hall–Kier alpha value is -3.90. The van der Waals surface area contributed by atoms with Gasteiger partial charge in [0, 0.05) is 5.92 Å². The molecule has 2 amide bonds. The van der Waals surface area contributed by atoms with Crippen LogP contribution in [0, 0.1) is 17.3 Å². The van der Waals surface area contributed by atoms with Crippen molar-refractivity contribution in [1.29, 1.82) is 0 Å². The van der Waals surface area contributed by atoms with Crippen molar-refractivity contribution in [2.45, 2.75) is 72.8 Å². The summed E-state index contributed by atoms with van der Waals surface area (Å²) in [5, 5.41) is 5.03. The molecule has 1 heterocycles. The third-order valence-corrected chi connectivity index (χ3v) is 7.93. The topological polar surface area (TPSA) is 98.7 Å². The van der Waals surface area contributed by atoms with Gasteiger partial charge in [-0.15, -0.1) is 0 Å². The molecule has 0 spiro atoms. The highest BCUT2D eigenvalue weighted by Crippen LogP contribution is 2.49. The average molecular weight is 645 g/mol. The molecule has 2 atom stereocenters. The Bertz CT molecular complexity index is 1490. The van der Waals surface area contributed by atoms with Crippen LogP contribution in [0.3, 0.4) is 0 Å². The van der Waals surface area contributed by atoms with Gasteiger partial charge in [-0.05, 0) is 41.8 Å². The summed E-state index contributed by atoms with van der Waals surface area (Å²) in [6, 6.07) is 20.7. The molecule has 0 aliphatic carbocycles. The number of alkyl halides is 3. The molecule has 3 rings (SSSR count). The van der Waals surface area contributed by atoms with E-state index in [1.54, 1.807) is 87.6 Å². The van der Waals surface area contributed by atoms with E-state index in [4.69, 9.17) is 9.16 Å². The average Bonchev–Trinajstić information content (AvgIpc) is 2.93. The Labute approximate surface area is 263 Å². The zero-order chi connectivity index (χ0) is 33.6. The first-order valence-electron chi connectivity index (χ1n) is 14.6. The maximum Gasteiger partial charge on any atom is 0.412 e. The number of ether oxygens (including phenoxy) is 1. The van der Waals surface area contributed by atoms with Gasteiger partial charge >= 0.3 is 12.3 Å². The number of benzene rings is 2. The maximum absolute atomic E-state index is 14.8. The van der Waals surface area contributed by atoms with Crippen LogP contribution in [0.4, 0.5) is 23.7 Å². The van der Waals surface area contributed by atoms with E-state index in [9.17, 15) is 27.6 Å². The number of hydrogen-bond donors (Lipinski definition) is 2. The summed E-state index contributed by atoms with van der Waals surface area (Å²) < 4.78 is 56.8. The molecule has 12 heteroatoms. The van der Waals surface area contributed by atoms with Crippen LogP contribution in [0.15, 0.2) is 77.6 Å². The number of carbonyl (C=O) groups is 2. The number of anilines is 1. The van der Waals surface area contributed by atoms with E-state index in [2.05, 4.69) is 10.6 Å². The standard InChI is InChI=1S/C33H41F3N3O5Si/c1-22(2)32(44-45(6)7,29(31(3,4)5)33(34,35)36)38-27(40)20-39-26(24-16-12-9-13-17-24)19-18-25(28(39)41)37-30(42)43-21-23-14-10-8-11-15-23/h8-19,22,29H,20-21H2,1-7H3,(H,37,42)(H,38,40). The molecule has 0 fully saturated rings. The van der Waals surface area contributed by atoms with Gasteiger partial charge in [0.25, 0.3) is 5.56 Å². The highest BCUT2D eigenvalue weighted by Gasteiger charge is 2.61. The van der Waals surface area contributed by atoms with Crippen molar-refractivity contribution in [1.82, 2.24) is 9.88 Å². The lowest BCUT2D eigenvalue weighted by Gasteiger charge is -2.50. The summed E-state index contributed by atoms with van der Waals surface area (Å²) in [7, 11) is -1.76. The van der Waals surface area contributed by atoms with Gasteiger partial charge in [-0.3, -0.25) is 19.5 Å². The first kappa shape index (κ1) is 35.6. The Morgan fingerprint density at radius 2 is 1.49 bits per heavy atom. The molecule has 2 N–H and O–H groups in total. The normalized spacial score (nSPS) is 14.1. The van der Waals surface area contributed by atoms with Crippen LogP contribution in [0.25, 0.3) is 11.3 Å². The third-order valence-electron chi connectivity index (χ3n) is 7.18. The fourth-order valence-electron chi connectivity index (χ4n) is 5.43. The summed E-state index contributed by atoms with van der Waals surface area (Å²) in [6.45, 7) is 10.3. The summed E-state index contributed by atoms with van der Waals surface area (Å²) in [5.41, 5.74) is -2.70. The van der Waals surface area contributed by atoms with Crippen LogP contribution in [0.1, 0.15) is 40.2 Å². The number of amides is 2. The second-order valence-corrected chi connectivity index (χ2v) is 14.4. The first-order valence-corrected chi connectivity index (χ1v) is 17.0. The zero-order valence-corrected chi connectivity index (χ0v) is 27.6. The number of aromatic nitrogens is 1. The van der Waals surface area contributed by atoms with E-state index < -0.39 is 62.3 Å². The summed E-state index contributed by atoms with van der Waals surface area (Å²) >= 11 is 0. The Balaban J connectivity index is 2.03. The second kappa shape index (κ2) is 14.5. The van der Waals surface area contributed by atoms with Gasteiger partial charge in [-0.2, -0.15) is 13.2 Å². The summed E-state index contributed by atoms with van der Waals surface area (Å²) in [4.78, 5) is 40.1. The van der Waals surface area contributed by atoms with Crippen molar-refractivity contribution < 1.29 is 31.9 Å². The molecule has 2 aromatic carbocycles. The van der Waals surface area contributed by atoms with Crippen molar-refractivity contribution >= 4 is 26.7 Å².